The van der Waals surface area contributed by atoms with Crippen LogP contribution in [0.3, 0.4) is 0 Å². The van der Waals surface area contributed by atoms with Crippen molar-refractivity contribution in [3.05, 3.63) is 77.2 Å². The first-order valence-electron chi connectivity index (χ1n) is 6.88. The van der Waals surface area contributed by atoms with Gasteiger partial charge in [-0.3, -0.25) is 4.98 Å². The molecular formula is C18H15ClFN. The molecule has 21 heavy (non-hydrogen) atoms. The molecule has 0 saturated heterocycles. The monoisotopic (exact) mass is 299 g/mol. The summed E-state index contributed by atoms with van der Waals surface area (Å²) in [5.41, 5.74) is 3.44. The molecule has 2 aromatic carbocycles. The molecule has 0 radical (unpaired) electrons. The first-order valence-corrected chi connectivity index (χ1v) is 7.32. The zero-order valence-electron chi connectivity index (χ0n) is 11.7. The van der Waals surface area contributed by atoms with E-state index in [2.05, 4.69) is 11.1 Å². The Labute approximate surface area is 128 Å². The molecule has 0 spiro atoms. The number of hydrogen-bond donors (Lipinski definition) is 0. The van der Waals surface area contributed by atoms with Gasteiger partial charge in [-0.1, -0.05) is 36.4 Å². The van der Waals surface area contributed by atoms with Gasteiger partial charge in [0, 0.05) is 17.5 Å². The minimum atomic E-state index is -0.210. The van der Waals surface area contributed by atoms with Crippen LogP contribution in [-0.2, 0) is 6.42 Å². The van der Waals surface area contributed by atoms with Crippen molar-refractivity contribution in [1.82, 2.24) is 4.98 Å². The van der Waals surface area contributed by atoms with Crippen molar-refractivity contribution in [1.29, 1.82) is 0 Å². The number of pyridine rings is 1. The molecular weight excluding hydrogens is 285 g/mol. The van der Waals surface area contributed by atoms with Gasteiger partial charge in [0.1, 0.15) is 5.82 Å². The van der Waals surface area contributed by atoms with Gasteiger partial charge in [-0.15, -0.1) is 11.6 Å². The number of aromatic nitrogens is 1. The van der Waals surface area contributed by atoms with Crippen LogP contribution in [0, 0.1) is 12.7 Å². The van der Waals surface area contributed by atoms with E-state index >= 15 is 0 Å². The zero-order chi connectivity index (χ0) is 14.8. The molecule has 0 bridgehead atoms. The first-order chi connectivity index (χ1) is 10.1. The maximum Gasteiger partial charge on any atom is 0.126 e. The van der Waals surface area contributed by atoms with Crippen molar-refractivity contribution >= 4 is 22.5 Å². The van der Waals surface area contributed by atoms with Gasteiger partial charge in [-0.25, -0.2) is 4.39 Å². The molecule has 1 nitrogen and oxygen atoms in total. The summed E-state index contributed by atoms with van der Waals surface area (Å²) in [6.45, 7) is 1.75. The molecule has 0 aliphatic heterocycles. The van der Waals surface area contributed by atoms with E-state index < -0.39 is 0 Å². The number of hydrogen-bond acceptors (Lipinski definition) is 1. The van der Waals surface area contributed by atoms with Crippen molar-refractivity contribution in [3.63, 3.8) is 0 Å². The maximum absolute atomic E-state index is 13.3. The highest BCUT2D eigenvalue weighted by molar-refractivity contribution is 6.20. The minimum absolute atomic E-state index is 0.202. The summed E-state index contributed by atoms with van der Waals surface area (Å²) in [7, 11) is 0. The van der Waals surface area contributed by atoms with E-state index in [-0.39, 0.29) is 11.2 Å². The fourth-order valence-corrected chi connectivity index (χ4v) is 2.68. The lowest BCUT2D eigenvalue weighted by atomic mass is 10.0. The third kappa shape index (κ3) is 3.06. The lowest BCUT2D eigenvalue weighted by Crippen LogP contribution is -1.99. The highest BCUT2D eigenvalue weighted by atomic mass is 35.5. The van der Waals surface area contributed by atoms with Crippen molar-refractivity contribution in [3.8, 4) is 0 Å². The topological polar surface area (TPSA) is 12.9 Å². The molecule has 1 unspecified atom stereocenters. The zero-order valence-corrected chi connectivity index (χ0v) is 12.4. The molecule has 3 heteroatoms. The third-order valence-corrected chi connectivity index (χ3v) is 3.99. The quantitative estimate of drug-likeness (QED) is 0.605. The van der Waals surface area contributed by atoms with Crippen LogP contribution >= 0.6 is 11.6 Å². The van der Waals surface area contributed by atoms with Crippen molar-refractivity contribution in [2.24, 2.45) is 0 Å². The van der Waals surface area contributed by atoms with E-state index in [1.54, 1.807) is 19.1 Å². The standard InChI is InChI=1S/C18H15ClFN/c1-12-10-14(7-9-17(12)20)16(19)11-15-8-6-13-4-2-3-5-18(13)21-15/h2-10,16H,11H2,1H3. The summed E-state index contributed by atoms with van der Waals surface area (Å²) in [6, 6.07) is 17.0. The van der Waals surface area contributed by atoms with Gasteiger partial charge in [0.05, 0.1) is 10.9 Å². The lowest BCUT2D eigenvalue weighted by molar-refractivity contribution is 0.617. The number of fused-ring (bicyclic) bond motifs is 1. The molecule has 0 fully saturated rings. The van der Waals surface area contributed by atoms with Gasteiger partial charge in [-0.05, 0) is 36.2 Å². The van der Waals surface area contributed by atoms with E-state index in [4.69, 9.17) is 11.6 Å². The van der Waals surface area contributed by atoms with Gasteiger partial charge >= 0.3 is 0 Å². The van der Waals surface area contributed by atoms with Crippen LogP contribution in [0.4, 0.5) is 4.39 Å². The van der Waals surface area contributed by atoms with Crippen LogP contribution in [-0.4, -0.2) is 4.98 Å². The second-order valence-electron chi connectivity index (χ2n) is 5.18. The Kier molecular flexibility index (Phi) is 3.89. The predicted molar refractivity (Wildman–Crippen MR) is 85.2 cm³/mol. The molecule has 106 valence electrons. The smallest absolute Gasteiger partial charge is 0.126 e. The number of rotatable bonds is 3. The highest BCUT2D eigenvalue weighted by Gasteiger charge is 2.11. The Morgan fingerprint density at radius 3 is 2.71 bits per heavy atom. The molecule has 3 rings (SSSR count). The molecule has 0 aliphatic rings. The van der Waals surface area contributed by atoms with Gasteiger partial charge in [0.2, 0.25) is 0 Å². The summed E-state index contributed by atoms with van der Waals surface area (Å²) >= 11 is 6.45. The van der Waals surface area contributed by atoms with Crippen LogP contribution < -0.4 is 0 Å². The van der Waals surface area contributed by atoms with E-state index in [0.717, 1.165) is 22.2 Å². The second-order valence-corrected chi connectivity index (χ2v) is 5.70. The molecule has 0 aliphatic carbocycles. The highest BCUT2D eigenvalue weighted by Crippen LogP contribution is 2.26. The average Bonchev–Trinajstić information content (AvgIpc) is 2.50. The molecule has 1 aromatic heterocycles. The van der Waals surface area contributed by atoms with Gasteiger partial charge < -0.3 is 0 Å². The van der Waals surface area contributed by atoms with E-state index in [1.807, 2.05) is 30.3 Å². The summed E-state index contributed by atoms with van der Waals surface area (Å²) in [6.07, 6.45) is 0.622. The Morgan fingerprint density at radius 1 is 1.10 bits per heavy atom. The van der Waals surface area contributed by atoms with E-state index in [0.29, 0.717) is 12.0 Å². The van der Waals surface area contributed by atoms with Crippen molar-refractivity contribution in [2.45, 2.75) is 18.7 Å². The Bertz CT molecular complexity index is 785. The van der Waals surface area contributed by atoms with Gasteiger partial charge in [-0.2, -0.15) is 0 Å². The number of para-hydroxylation sites is 1. The first kappa shape index (κ1) is 14.0. The molecule has 3 aromatic rings. The fourth-order valence-electron chi connectivity index (χ4n) is 2.39. The second kappa shape index (κ2) is 5.82. The van der Waals surface area contributed by atoms with Crippen LogP contribution in [0.2, 0.25) is 0 Å². The van der Waals surface area contributed by atoms with Crippen molar-refractivity contribution in [2.75, 3.05) is 0 Å². The van der Waals surface area contributed by atoms with Crippen LogP contribution in [0.5, 0.6) is 0 Å². The largest absolute Gasteiger partial charge is 0.253 e. The van der Waals surface area contributed by atoms with E-state index in [9.17, 15) is 4.39 Å². The van der Waals surface area contributed by atoms with Gasteiger partial charge in [0.15, 0.2) is 0 Å². The molecule has 1 heterocycles. The number of halogens is 2. The number of nitrogens with zero attached hydrogens (tertiary/aromatic N) is 1. The summed E-state index contributed by atoms with van der Waals surface area (Å²) < 4.78 is 13.3. The fraction of sp³-hybridized carbons (Fsp3) is 0.167. The molecule has 0 amide bonds. The molecule has 1 atom stereocenters. The Balaban J connectivity index is 1.85. The van der Waals surface area contributed by atoms with Crippen LogP contribution in [0.15, 0.2) is 54.6 Å². The SMILES string of the molecule is Cc1cc(C(Cl)Cc2ccc3ccccc3n2)ccc1F. The summed E-state index contributed by atoms with van der Waals surface area (Å²) in [5, 5.41) is 0.906. The molecule has 0 N–H and O–H groups in total. The predicted octanol–water partition coefficient (Wildman–Crippen LogP) is 5.20. The normalized spacial score (nSPS) is 12.5. The number of alkyl halides is 1. The summed E-state index contributed by atoms with van der Waals surface area (Å²) in [5.74, 6) is -0.202. The lowest BCUT2D eigenvalue weighted by Gasteiger charge is -2.11. The Hall–Kier alpha value is -1.93. The molecule has 0 saturated carbocycles. The van der Waals surface area contributed by atoms with E-state index in [1.165, 1.54) is 6.07 Å². The van der Waals surface area contributed by atoms with Crippen LogP contribution in [0.25, 0.3) is 10.9 Å². The van der Waals surface area contributed by atoms with Gasteiger partial charge in [0.25, 0.3) is 0 Å². The van der Waals surface area contributed by atoms with Crippen molar-refractivity contribution < 1.29 is 4.39 Å². The van der Waals surface area contributed by atoms with Crippen LogP contribution in [0.1, 0.15) is 22.2 Å². The maximum atomic E-state index is 13.3. The number of benzene rings is 2. The third-order valence-electron chi connectivity index (χ3n) is 3.59. The summed E-state index contributed by atoms with van der Waals surface area (Å²) in [4.78, 5) is 4.62. The average molecular weight is 300 g/mol. The minimum Gasteiger partial charge on any atom is -0.253 e. The Morgan fingerprint density at radius 2 is 1.90 bits per heavy atom. The number of aryl methyl sites for hydroxylation is 1.